The largest absolute Gasteiger partial charge is 0.454 e. The van der Waals surface area contributed by atoms with Crippen LogP contribution < -0.4 is 0 Å². The van der Waals surface area contributed by atoms with E-state index in [1.165, 1.54) is 0 Å². The molecule has 25 heavy (non-hydrogen) atoms. The van der Waals surface area contributed by atoms with Gasteiger partial charge in [0.15, 0.2) is 6.10 Å². The zero-order chi connectivity index (χ0) is 18.0. The van der Waals surface area contributed by atoms with Crippen LogP contribution in [0.3, 0.4) is 0 Å². The number of benzene rings is 2. The number of H-pyrrole nitrogens is 1. The number of ketones is 1. The fourth-order valence-electron chi connectivity index (χ4n) is 2.95. The second-order valence-corrected chi connectivity index (χ2v) is 6.35. The highest BCUT2D eigenvalue weighted by molar-refractivity contribution is 6.01. The van der Waals surface area contributed by atoms with Crippen molar-refractivity contribution in [3.05, 3.63) is 70.9 Å². The van der Waals surface area contributed by atoms with Crippen LogP contribution >= 0.6 is 0 Å². The number of Topliss-reactive ketones (excluding diaryl/α,β-unsaturated/α-hetero) is 1. The fraction of sp³-hybridized carbons (Fsp3) is 0.238. The summed E-state index contributed by atoms with van der Waals surface area (Å²) < 4.78 is 5.38. The first-order valence-corrected chi connectivity index (χ1v) is 8.31. The van der Waals surface area contributed by atoms with Crippen LogP contribution in [0.1, 0.15) is 34.0 Å². The van der Waals surface area contributed by atoms with E-state index in [0.717, 1.165) is 27.6 Å². The lowest BCUT2D eigenvalue weighted by molar-refractivity contribution is -0.145. The lowest BCUT2D eigenvalue weighted by atomic mass is 9.99. The number of ether oxygens (including phenoxy) is 1. The Hall–Kier alpha value is -2.88. The second kappa shape index (κ2) is 6.93. The number of esters is 1. The Morgan fingerprint density at radius 3 is 2.68 bits per heavy atom. The van der Waals surface area contributed by atoms with Gasteiger partial charge in [0, 0.05) is 22.7 Å². The van der Waals surface area contributed by atoms with Gasteiger partial charge in [-0.15, -0.1) is 0 Å². The van der Waals surface area contributed by atoms with Crippen molar-refractivity contribution < 1.29 is 14.3 Å². The van der Waals surface area contributed by atoms with E-state index in [1.54, 1.807) is 6.92 Å². The molecule has 4 heteroatoms. The molecule has 0 radical (unpaired) electrons. The maximum atomic E-state index is 12.6. The highest BCUT2D eigenvalue weighted by atomic mass is 16.5. The average molecular weight is 335 g/mol. The van der Waals surface area contributed by atoms with Crippen molar-refractivity contribution in [1.29, 1.82) is 0 Å². The highest BCUT2D eigenvalue weighted by Crippen LogP contribution is 2.19. The minimum absolute atomic E-state index is 0.133. The minimum atomic E-state index is -0.807. The van der Waals surface area contributed by atoms with Gasteiger partial charge in [-0.05, 0) is 44.0 Å². The first-order chi connectivity index (χ1) is 12.0. The van der Waals surface area contributed by atoms with E-state index < -0.39 is 12.1 Å². The molecule has 1 heterocycles. The molecule has 0 aliphatic carbocycles. The molecule has 0 spiro atoms. The number of aromatic nitrogens is 1. The van der Waals surface area contributed by atoms with Crippen molar-refractivity contribution in [1.82, 2.24) is 4.98 Å². The molecule has 0 amide bonds. The van der Waals surface area contributed by atoms with Crippen molar-refractivity contribution in [3.63, 3.8) is 0 Å². The number of carbonyl (C=O) groups excluding carboxylic acids is 2. The maximum Gasteiger partial charge on any atom is 0.311 e. The molecule has 0 saturated carbocycles. The van der Waals surface area contributed by atoms with Crippen molar-refractivity contribution in [2.24, 2.45) is 0 Å². The van der Waals surface area contributed by atoms with E-state index in [0.29, 0.717) is 5.56 Å². The topological polar surface area (TPSA) is 59.2 Å². The minimum Gasteiger partial charge on any atom is -0.454 e. The van der Waals surface area contributed by atoms with Crippen LogP contribution in [-0.2, 0) is 16.0 Å². The van der Waals surface area contributed by atoms with Crippen LogP contribution in [0.5, 0.6) is 0 Å². The zero-order valence-corrected chi connectivity index (χ0v) is 14.6. The first-order valence-electron chi connectivity index (χ1n) is 8.31. The van der Waals surface area contributed by atoms with Gasteiger partial charge in [0.25, 0.3) is 0 Å². The predicted molar refractivity (Wildman–Crippen MR) is 97.8 cm³/mol. The third-order valence-corrected chi connectivity index (χ3v) is 4.35. The number of nitrogens with one attached hydrogen (secondary N) is 1. The summed E-state index contributed by atoms with van der Waals surface area (Å²) in [5.41, 5.74) is 4.34. The van der Waals surface area contributed by atoms with Gasteiger partial charge in [0.2, 0.25) is 5.78 Å². The second-order valence-electron chi connectivity index (χ2n) is 6.35. The van der Waals surface area contributed by atoms with Gasteiger partial charge in [-0.3, -0.25) is 9.59 Å². The Balaban J connectivity index is 1.70. The van der Waals surface area contributed by atoms with Crippen molar-refractivity contribution >= 4 is 22.7 Å². The monoisotopic (exact) mass is 335 g/mol. The molecule has 0 unspecified atom stereocenters. The standard InChI is InChI=1S/C21H21NO3/c1-13-8-9-14(2)18(10-13)21(24)15(3)25-20(23)11-16-12-22-19-7-5-4-6-17(16)19/h4-10,12,15,22H,11H2,1-3H3/t15-/m0/s1. The van der Waals surface area contributed by atoms with Gasteiger partial charge in [-0.25, -0.2) is 0 Å². The summed E-state index contributed by atoms with van der Waals surface area (Å²) >= 11 is 0. The lowest BCUT2D eigenvalue weighted by Gasteiger charge is -2.14. The Bertz CT molecular complexity index is 939. The fourth-order valence-corrected chi connectivity index (χ4v) is 2.95. The quantitative estimate of drug-likeness (QED) is 0.563. The van der Waals surface area contributed by atoms with Crippen LogP contribution in [0.2, 0.25) is 0 Å². The van der Waals surface area contributed by atoms with Gasteiger partial charge in [-0.1, -0.05) is 35.9 Å². The van der Waals surface area contributed by atoms with Crippen LogP contribution in [-0.4, -0.2) is 22.8 Å². The first kappa shape index (κ1) is 17.0. The molecule has 128 valence electrons. The van der Waals surface area contributed by atoms with Crippen LogP contribution in [0.25, 0.3) is 10.9 Å². The Kier molecular flexibility index (Phi) is 4.70. The number of hydrogen-bond acceptors (Lipinski definition) is 3. The molecule has 1 N–H and O–H groups in total. The van der Waals surface area contributed by atoms with E-state index >= 15 is 0 Å². The molecule has 0 saturated heterocycles. The molecule has 3 aromatic rings. The third-order valence-electron chi connectivity index (χ3n) is 4.35. The summed E-state index contributed by atoms with van der Waals surface area (Å²) in [4.78, 5) is 28.0. The number of para-hydroxylation sites is 1. The molecule has 1 atom stereocenters. The molecule has 2 aromatic carbocycles. The number of aromatic amines is 1. The zero-order valence-electron chi connectivity index (χ0n) is 14.6. The molecule has 1 aromatic heterocycles. The van der Waals surface area contributed by atoms with Gasteiger partial charge in [-0.2, -0.15) is 0 Å². The SMILES string of the molecule is Cc1ccc(C)c(C(=O)[C@H](C)OC(=O)Cc2c[nH]c3ccccc23)c1. The summed E-state index contributed by atoms with van der Waals surface area (Å²) in [6.45, 7) is 5.44. The highest BCUT2D eigenvalue weighted by Gasteiger charge is 2.21. The van der Waals surface area contributed by atoms with Crippen molar-refractivity contribution in [3.8, 4) is 0 Å². The molecule has 4 nitrogen and oxygen atoms in total. The van der Waals surface area contributed by atoms with Crippen molar-refractivity contribution in [2.75, 3.05) is 0 Å². The van der Waals surface area contributed by atoms with E-state index in [-0.39, 0.29) is 12.2 Å². The molecule has 0 aliphatic heterocycles. The van der Waals surface area contributed by atoms with Gasteiger partial charge in [0.1, 0.15) is 0 Å². The lowest BCUT2D eigenvalue weighted by Crippen LogP contribution is -2.25. The molecule has 0 aliphatic rings. The van der Waals surface area contributed by atoms with Crippen LogP contribution in [0.4, 0.5) is 0 Å². The summed E-state index contributed by atoms with van der Waals surface area (Å²) in [5, 5.41) is 0.993. The maximum absolute atomic E-state index is 12.6. The van der Waals surface area contributed by atoms with Crippen LogP contribution in [0, 0.1) is 13.8 Å². The van der Waals surface area contributed by atoms with E-state index in [1.807, 2.05) is 62.5 Å². The van der Waals surface area contributed by atoms with Crippen molar-refractivity contribution in [2.45, 2.75) is 33.3 Å². The van der Waals surface area contributed by atoms with E-state index in [9.17, 15) is 9.59 Å². The average Bonchev–Trinajstić information content (AvgIpc) is 2.99. The predicted octanol–water partition coefficient (Wildman–Crippen LogP) is 4.14. The molecule has 0 bridgehead atoms. The Labute approximate surface area is 146 Å². The summed E-state index contributed by atoms with van der Waals surface area (Å²) in [7, 11) is 0. The summed E-state index contributed by atoms with van der Waals surface area (Å²) in [6, 6.07) is 13.5. The molecular weight excluding hydrogens is 314 g/mol. The molecular formula is C21H21NO3. The third kappa shape index (κ3) is 3.63. The Morgan fingerprint density at radius 1 is 1.12 bits per heavy atom. The van der Waals surface area contributed by atoms with Gasteiger partial charge in [0.05, 0.1) is 6.42 Å². The Morgan fingerprint density at radius 2 is 1.88 bits per heavy atom. The summed E-state index contributed by atoms with van der Waals surface area (Å²) in [5.74, 6) is -0.579. The number of aryl methyl sites for hydroxylation is 2. The summed E-state index contributed by atoms with van der Waals surface area (Å²) in [6.07, 6.45) is 1.13. The van der Waals surface area contributed by atoms with E-state index in [4.69, 9.17) is 4.74 Å². The molecule has 3 rings (SSSR count). The smallest absolute Gasteiger partial charge is 0.311 e. The van der Waals surface area contributed by atoms with Gasteiger partial charge >= 0.3 is 5.97 Å². The number of hydrogen-bond donors (Lipinski definition) is 1. The molecule has 0 fully saturated rings. The number of rotatable bonds is 5. The van der Waals surface area contributed by atoms with Crippen LogP contribution in [0.15, 0.2) is 48.7 Å². The normalized spacial score (nSPS) is 12.1. The van der Waals surface area contributed by atoms with Gasteiger partial charge < -0.3 is 9.72 Å². The number of fused-ring (bicyclic) bond motifs is 1. The number of carbonyl (C=O) groups is 2. The van der Waals surface area contributed by atoms with E-state index in [2.05, 4.69) is 4.98 Å².